The Balaban J connectivity index is 1.09. The van der Waals surface area contributed by atoms with Crippen molar-refractivity contribution >= 4 is 38.5 Å². The third-order valence-corrected chi connectivity index (χ3v) is 13.0. The van der Waals surface area contributed by atoms with Crippen molar-refractivity contribution < 1.29 is 11.0 Å². The Morgan fingerprint density at radius 3 is 2.12 bits per heavy atom. The average Bonchev–Trinajstić information content (AvgIpc) is 3.72. The molecule has 0 bridgehead atoms. The maximum Gasteiger partial charge on any atom is 0.0714 e. The van der Waals surface area contributed by atoms with Crippen LogP contribution in [-0.4, -0.2) is 0 Å². The third-order valence-electron chi connectivity index (χ3n) is 13.0. The van der Waals surface area contributed by atoms with Gasteiger partial charge in [0.25, 0.3) is 0 Å². The molecular weight excluding hydrogens is 771 g/mol. The number of unbranched alkanes of at least 4 members (excludes halogenated alkanes) is 1. The number of nitrogens with zero attached hydrogens (tertiary/aromatic N) is 1. The van der Waals surface area contributed by atoms with Gasteiger partial charge in [-0.2, -0.15) is 0 Å². The highest BCUT2D eigenvalue weighted by Gasteiger charge is 2.46. The van der Waals surface area contributed by atoms with Gasteiger partial charge in [0, 0.05) is 30.3 Å². The van der Waals surface area contributed by atoms with E-state index in [2.05, 4.69) is 110 Å². The summed E-state index contributed by atoms with van der Waals surface area (Å²) in [4.78, 5) is 1.87. The number of allylic oxidation sites excluding steroid dienone is 11. The summed E-state index contributed by atoms with van der Waals surface area (Å²) in [5.41, 5.74) is 7.69. The zero-order chi connectivity index (χ0) is 49.8. The summed E-state index contributed by atoms with van der Waals surface area (Å²) >= 11 is 0. The fraction of sp³-hybridized carbons (Fsp3) is 0.111. The van der Waals surface area contributed by atoms with Gasteiger partial charge in [0.15, 0.2) is 0 Å². The van der Waals surface area contributed by atoms with Crippen molar-refractivity contribution in [3.63, 3.8) is 0 Å². The van der Waals surface area contributed by atoms with E-state index in [0.717, 1.165) is 73.5 Å². The molecule has 0 saturated heterocycles. The van der Waals surface area contributed by atoms with Crippen LogP contribution in [0.4, 0.5) is 11.4 Å². The highest BCUT2D eigenvalue weighted by atomic mass is 15.1. The monoisotopic (exact) mass is 829 g/mol. The smallest absolute Gasteiger partial charge is 0.0714 e. The van der Waals surface area contributed by atoms with Gasteiger partial charge in [-0.25, -0.2) is 0 Å². The molecule has 0 N–H and O–H groups in total. The molecule has 0 radical (unpaired) electrons. The lowest BCUT2D eigenvalue weighted by atomic mass is 9.67. The van der Waals surface area contributed by atoms with Gasteiger partial charge in [0.05, 0.1) is 15.0 Å². The van der Waals surface area contributed by atoms with E-state index in [9.17, 15) is 11.0 Å². The van der Waals surface area contributed by atoms with E-state index in [-0.39, 0.29) is 53.0 Å². The number of rotatable bonds is 11. The van der Waals surface area contributed by atoms with Crippen LogP contribution in [0.1, 0.15) is 75.9 Å². The van der Waals surface area contributed by atoms with E-state index in [1.807, 2.05) is 95.9 Å². The minimum atomic E-state index is -1.50. The molecule has 0 amide bonds. The van der Waals surface area contributed by atoms with Crippen LogP contribution in [0.25, 0.3) is 38.2 Å². The SMILES string of the molecule is [2H]C1=C([2H])C(c2c([2H])c([2H])c(N(C3=CC=CC(/C=C/CCC=C)C3)c3ccc4c(c3)C(c3ccccc3)(c3ccccc3)c3ccccc3-4)c([2H])c2[2H])C([2H])C([2H])=C1c1cc2ccccc2c2ccccc12. The molecule has 0 fully saturated rings. The highest BCUT2D eigenvalue weighted by molar-refractivity contribution is 6.12. The molecule has 3 atom stereocenters. The molecule has 0 aliphatic heterocycles. The average molecular weight is 830 g/mol. The lowest BCUT2D eigenvalue weighted by molar-refractivity contribution is 0.757. The Bertz CT molecular complexity index is 3580. The van der Waals surface area contributed by atoms with Gasteiger partial charge < -0.3 is 4.90 Å². The molecular formula is C63H51N. The van der Waals surface area contributed by atoms with Crippen molar-refractivity contribution in [3.8, 4) is 11.1 Å². The van der Waals surface area contributed by atoms with E-state index in [0.29, 0.717) is 17.7 Å². The molecule has 1 nitrogen and oxygen atoms in total. The van der Waals surface area contributed by atoms with Crippen LogP contribution >= 0.6 is 0 Å². The standard InChI is InChI=1S/C63H51N/c1-2-3-4-7-19-45-20-18-26-53(42-45)64(54-40-41-59-58-30-16-17-31-61(58)63(62(59)44-54,50-22-8-5-9-23-50)51-24-10-6-11-25-51)52-38-36-47(37-39-52)46-32-34-48(35-33-46)60-43-49-21-12-13-27-55(49)56-28-14-15-29-57(56)60/h2,5-32,34-41,43-46H,1,3-4,33,42H2/b19-7+/i32D,33D,34D,35D,36D,37D,38D,39D. The second kappa shape index (κ2) is 17.0. The number of hydrogen-bond donors (Lipinski definition) is 0. The van der Waals surface area contributed by atoms with E-state index < -0.39 is 29.8 Å². The molecule has 308 valence electrons. The number of fused-ring (bicyclic) bond motifs is 6. The van der Waals surface area contributed by atoms with Crippen LogP contribution in [0.3, 0.4) is 0 Å². The Labute approximate surface area is 389 Å². The quantitative estimate of drug-likeness (QED) is 0.0713. The molecule has 3 unspecified atom stereocenters. The summed E-state index contributed by atoms with van der Waals surface area (Å²) in [6.45, 7) is 3.88. The lowest BCUT2D eigenvalue weighted by Crippen LogP contribution is -2.29. The second-order valence-electron chi connectivity index (χ2n) is 16.7. The Morgan fingerprint density at radius 2 is 1.34 bits per heavy atom. The maximum absolute atomic E-state index is 9.93. The zero-order valence-corrected chi connectivity index (χ0v) is 35.5. The Hall–Kier alpha value is -7.48. The number of hydrogen-bond acceptors (Lipinski definition) is 1. The maximum atomic E-state index is 9.93. The van der Waals surface area contributed by atoms with Crippen LogP contribution in [-0.2, 0) is 5.41 Å². The first-order valence-electron chi connectivity index (χ1n) is 26.3. The van der Waals surface area contributed by atoms with Gasteiger partial charge in [0.2, 0.25) is 0 Å². The third kappa shape index (κ3) is 6.89. The second-order valence-corrected chi connectivity index (χ2v) is 16.7. The molecule has 8 aromatic rings. The summed E-state index contributed by atoms with van der Waals surface area (Å²) in [6, 6.07) is 50.9. The van der Waals surface area contributed by atoms with E-state index in [4.69, 9.17) is 0 Å². The van der Waals surface area contributed by atoms with Gasteiger partial charge in [0.1, 0.15) is 0 Å². The topological polar surface area (TPSA) is 3.24 Å². The summed E-state index contributed by atoms with van der Waals surface area (Å²) in [6.07, 6.45) is 13.0. The van der Waals surface area contributed by atoms with Gasteiger partial charge in [-0.1, -0.05) is 200 Å². The molecule has 3 aliphatic rings. The van der Waals surface area contributed by atoms with E-state index >= 15 is 0 Å². The van der Waals surface area contributed by atoms with Crippen LogP contribution < -0.4 is 4.90 Å². The fourth-order valence-electron chi connectivity index (χ4n) is 10.0. The molecule has 0 heterocycles. The zero-order valence-electron chi connectivity index (χ0n) is 43.5. The predicted molar refractivity (Wildman–Crippen MR) is 272 cm³/mol. The molecule has 0 spiro atoms. The van der Waals surface area contributed by atoms with Gasteiger partial charge >= 0.3 is 0 Å². The van der Waals surface area contributed by atoms with Gasteiger partial charge in [-0.15, -0.1) is 6.58 Å². The van der Waals surface area contributed by atoms with Crippen molar-refractivity contribution in [1.82, 2.24) is 0 Å². The molecule has 0 saturated carbocycles. The summed E-state index contributed by atoms with van der Waals surface area (Å²) < 4.78 is 77.6. The number of benzene rings is 8. The largest absolute Gasteiger partial charge is 0.314 e. The van der Waals surface area contributed by atoms with Crippen LogP contribution in [0.5, 0.6) is 0 Å². The lowest BCUT2D eigenvalue weighted by Gasteiger charge is -2.35. The molecule has 8 aromatic carbocycles. The molecule has 0 aromatic heterocycles. The summed E-state index contributed by atoms with van der Waals surface area (Å²) in [5.74, 6) is -1.43. The predicted octanol–water partition coefficient (Wildman–Crippen LogP) is 16.6. The first-order valence-corrected chi connectivity index (χ1v) is 22.2. The van der Waals surface area contributed by atoms with Gasteiger partial charge in [-0.3, -0.25) is 0 Å². The minimum Gasteiger partial charge on any atom is -0.314 e. The highest BCUT2D eigenvalue weighted by Crippen LogP contribution is 2.57. The van der Waals surface area contributed by atoms with Crippen LogP contribution in [0.2, 0.25) is 0 Å². The normalized spacial score (nSPS) is 20.6. The van der Waals surface area contributed by atoms with Crippen molar-refractivity contribution in [2.75, 3.05) is 4.90 Å². The first kappa shape index (κ1) is 31.4. The summed E-state index contributed by atoms with van der Waals surface area (Å²) in [7, 11) is 0. The molecule has 11 rings (SSSR count). The van der Waals surface area contributed by atoms with Crippen molar-refractivity contribution in [3.05, 3.63) is 282 Å². The van der Waals surface area contributed by atoms with Gasteiger partial charge in [-0.05, 0) is 134 Å². The van der Waals surface area contributed by atoms with E-state index in [1.54, 1.807) is 0 Å². The van der Waals surface area contributed by atoms with Crippen molar-refractivity contribution in [2.45, 2.75) is 37.0 Å². The molecule has 64 heavy (non-hydrogen) atoms. The minimum absolute atomic E-state index is 0.0220. The van der Waals surface area contributed by atoms with E-state index in [1.165, 1.54) is 0 Å². The van der Waals surface area contributed by atoms with Crippen LogP contribution in [0.15, 0.2) is 249 Å². The van der Waals surface area contributed by atoms with Crippen molar-refractivity contribution in [1.29, 1.82) is 0 Å². The van der Waals surface area contributed by atoms with Crippen LogP contribution in [0, 0.1) is 5.92 Å². The first-order chi connectivity index (χ1) is 35.1. The Kier molecular flexibility index (Phi) is 8.33. The van der Waals surface area contributed by atoms with Crippen molar-refractivity contribution in [2.24, 2.45) is 5.92 Å². The Morgan fingerprint density at radius 1 is 0.656 bits per heavy atom. The molecule has 1 heteroatoms. The summed E-state index contributed by atoms with van der Waals surface area (Å²) in [5, 5.41) is 3.61. The number of anilines is 2. The fourth-order valence-corrected chi connectivity index (χ4v) is 10.0. The molecule has 3 aliphatic carbocycles.